The lowest BCUT2D eigenvalue weighted by atomic mass is 10.2. The van der Waals surface area contributed by atoms with Crippen LogP contribution >= 0.6 is 23.4 Å². The second-order valence-electron chi connectivity index (χ2n) is 6.73. The van der Waals surface area contributed by atoms with Gasteiger partial charge in [0.2, 0.25) is 5.91 Å². The summed E-state index contributed by atoms with van der Waals surface area (Å²) in [6, 6.07) is 5.52. The molecule has 2 rings (SSSR count). The quantitative estimate of drug-likeness (QED) is 0.698. The molecule has 0 fully saturated rings. The molecule has 0 radical (unpaired) electrons. The molecule has 25 heavy (non-hydrogen) atoms. The number of rotatable bonds is 6. The Bertz CT molecular complexity index is 770. The lowest BCUT2D eigenvalue weighted by molar-refractivity contribution is -0.115. The largest absolute Gasteiger partial charge is 0.325 e. The third-order valence-electron chi connectivity index (χ3n) is 4.15. The van der Waals surface area contributed by atoms with E-state index < -0.39 is 0 Å². The van der Waals surface area contributed by atoms with Crippen LogP contribution in [0.3, 0.4) is 0 Å². The molecular formula is C19H26ClN3OS. The van der Waals surface area contributed by atoms with Gasteiger partial charge >= 0.3 is 0 Å². The van der Waals surface area contributed by atoms with Gasteiger partial charge in [0.1, 0.15) is 0 Å². The Hall–Kier alpha value is -1.46. The Labute approximate surface area is 159 Å². The van der Waals surface area contributed by atoms with Crippen molar-refractivity contribution in [2.75, 3.05) is 5.32 Å². The standard InChI is InChI=1S/C19H26ClN3OS/c1-11(2)10-23-14(5)13(4)21-19(23)25-15(6)18(24)22-17-9-7-8-16(20)12(17)3/h7-9,11,15H,10H2,1-6H3,(H,22,24). The van der Waals surface area contributed by atoms with Gasteiger partial charge in [-0.3, -0.25) is 4.79 Å². The van der Waals surface area contributed by atoms with E-state index in [-0.39, 0.29) is 11.2 Å². The van der Waals surface area contributed by atoms with Crippen LogP contribution in [0.4, 0.5) is 5.69 Å². The number of halogens is 1. The Kier molecular flexibility index (Phi) is 6.58. The van der Waals surface area contributed by atoms with E-state index in [9.17, 15) is 4.79 Å². The van der Waals surface area contributed by atoms with E-state index in [1.54, 1.807) is 0 Å². The molecule has 1 atom stereocenters. The topological polar surface area (TPSA) is 46.9 Å². The fraction of sp³-hybridized carbons (Fsp3) is 0.474. The summed E-state index contributed by atoms with van der Waals surface area (Å²) in [6.07, 6.45) is 0. The van der Waals surface area contributed by atoms with Crippen molar-refractivity contribution in [1.29, 1.82) is 0 Å². The summed E-state index contributed by atoms with van der Waals surface area (Å²) >= 11 is 7.62. The lowest BCUT2D eigenvalue weighted by Gasteiger charge is -2.16. The minimum atomic E-state index is -0.259. The van der Waals surface area contributed by atoms with E-state index in [2.05, 4.69) is 35.6 Å². The van der Waals surface area contributed by atoms with Crippen molar-refractivity contribution < 1.29 is 4.79 Å². The van der Waals surface area contributed by atoms with Crippen molar-refractivity contribution in [2.24, 2.45) is 5.92 Å². The SMILES string of the molecule is Cc1nc(SC(C)C(=O)Nc2cccc(Cl)c2C)n(CC(C)C)c1C. The Morgan fingerprint density at radius 2 is 1.96 bits per heavy atom. The second-order valence-corrected chi connectivity index (χ2v) is 8.45. The first kappa shape index (κ1) is 19.9. The third-order valence-corrected chi connectivity index (χ3v) is 5.65. The molecule has 136 valence electrons. The summed E-state index contributed by atoms with van der Waals surface area (Å²) in [7, 11) is 0. The maximum Gasteiger partial charge on any atom is 0.237 e. The number of aryl methyl sites for hydroxylation is 1. The molecule has 0 saturated heterocycles. The number of carbonyl (C=O) groups is 1. The molecule has 1 aromatic carbocycles. The molecule has 1 unspecified atom stereocenters. The van der Waals surface area contributed by atoms with Crippen molar-refractivity contribution >= 4 is 35.0 Å². The number of thioether (sulfide) groups is 1. The highest BCUT2D eigenvalue weighted by molar-refractivity contribution is 8.00. The maximum atomic E-state index is 12.6. The molecule has 1 N–H and O–H groups in total. The van der Waals surface area contributed by atoms with Crippen LogP contribution in [-0.4, -0.2) is 20.7 Å². The van der Waals surface area contributed by atoms with Crippen LogP contribution in [0.25, 0.3) is 0 Å². The number of hydrogen-bond acceptors (Lipinski definition) is 3. The summed E-state index contributed by atoms with van der Waals surface area (Å²) in [4.78, 5) is 17.2. The van der Waals surface area contributed by atoms with Gasteiger partial charge in [0, 0.05) is 22.9 Å². The van der Waals surface area contributed by atoms with Crippen LogP contribution in [0.1, 0.15) is 37.7 Å². The van der Waals surface area contributed by atoms with Gasteiger partial charge in [0.05, 0.1) is 10.9 Å². The number of imidazole rings is 1. The Balaban J connectivity index is 2.14. The summed E-state index contributed by atoms with van der Waals surface area (Å²) in [5, 5.41) is 4.26. The van der Waals surface area contributed by atoms with Crippen LogP contribution in [0.15, 0.2) is 23.4 Å². The van der Waals surface area contributed by atoms with E-state index in [1.165, 1.54) is 11.8 Å². The number of benzene rings is 1. The molecule has 0 aliphatic rings. The van der Waals surface area contributed by atoms with Crippen molar-refractivity contribution in [3.05, 3.63) is 40.2 Å². The van der Waals surface area contributed by atoms with Crippen molar-refractivity contribution in [1.82, 2.24) is 9.55 Å². The van der Waals surface area contributed by atoms with E-state index >= 15 is 0 Å². The average Bonchev–Trinajstić information content (AvgIpc) is 2.79. The van der Waals surface area contributed by atoms with E-state index in [0.29, 0.717) is 10.9 Å². The van der Waals surface area contributed by atoms with Gasteiger partial charge in [-0.1, -0.05) is 43.3 Å². The normalized spacial score (nSPS) is 12.5. The maximum absolute atomic E-state index is 12.6. The van der Waals surface area contributed by atoms with Gasteiger partial charge in [-0.2, -0.15) is 0 Å². The van der Waals surface area contributed by atoms with Gasteiger partial charge in [-0.05, 0) is 51.3 Å². The molecular weight excluding hydrogens is 354 g/mol. The molecule has 0 aliphatic heterocycles. The van der Waals surface area contributed by atoms with E-state index in [4.69, 9.17) is 11.6 Å². The van der Waals surface area contributed by atoms with Crippen molar-refractivity contribution in [3.8, 4) is 0 Å². The Morgan fingerprint density at radius 1 is 1.28 bits per heavy atom. The zero-order chi connectivity index (χ0) is 18.7. The lowest BCUT2D eigenvalue weighted by Crippen LogP contribution is -2.23. The summed E-state index contributed by atoms with van der Waals surface area (Å²) in [5.41, 5.74) is 3.81. The third kappa shape index (κ3) is 4.79. The molecule has 1 heterocycles. The highest BCUT2D eigenvalue weighted by atomic mass is 35.5. The van der Waals surface area contributed by atoms with Crippen LogP contribution < -0.4 is 5.32 Å². The van der Waals surface area contributed by atoms with Crippen LogP contribution in [0.5, 0.6) is 0 Å². The molecule has 4 nitrogen and oxygen atoms in total. The predicted octanol–water partition coefficient (Wildman–Crippen LogP) is 5.24. The molecule has 1 aromatic heterocycles. The minimum Gasteiger partial charge on any atom is -0.325 e. The first-order valence-corrected chi connectivity index (χ1v) is 9.72. The first-order chi connectivity index (χ1) is 11.7. The fourth-order valence-electron chi connectivity index (χ4n) is 2.48. The van der Waals surface area contributed by atoms with Crippen LogP contribution in [-0.2, 0) is 11.3 Å². The van der Waals surface area contributed by atoms with Gasteiger partial charge < -0.3 is 9.88 Å². The molecule has 2 aromatic rings. The van der Waals surface area contributed by atoms with E-state index in [0.717, 1.165) is 34.3 Å². The van der Waals surface area contributed by atoms with Crippen LogP contribution in [0, 0.1) is 26.7 Å². The number of hydrogen-bond donors (Lipinski definition) is 1. The zero-order valence-corrected chi connectivity index (χ0v) is 17.3. The minimum absolute atomic E-state index is 0.0511. The molecule has 0 spiro atoms. The predicted molar refractivity (Wildman–Crippen MR) is 107 cm³/mol. The molecule has 6 heteroatoms. The number of aromatic nitrogens is 2. The fourth-order valence-corrected chi connectivity index (χ4v) is 3.67. The smallest absolute Gasteiger partial charge is 0.237 e. The Morgan fingerprint density at radius 3 is 2.60 bits per heavy atom. The second kappa shape index (κ2) is 8.28. The summed E-state index contributed by atoms with van der Waals surface area (Å²) in [5.74, 6) is 0.467. The molecule has 1 amide bonds. The van der Waals surface area contributed by atoms with Gasteiger partial charge in [0.25, 0.3) is 0 Å². The number of nitrogens with zero attached hydrogens (tertiary/aromatic N) is 2. The van der Waals surface area contributed by atoms with Crippen molar-refractivity contribution in [3.63, 3.8) is 0 Å². The van der Waals surface area contributed by atoms with Gasteiger partial charge in [-0.25, -0.2) is 4.98 Å². The number of carbonyl (C=O) groups excluding carboxylic acids is 1. The summed E-state index contributed by atoms with van der Waals surface area (Å²) < 4.78 is 2.21. The summed E-state index contributed by atoms with van der Waals surface area (Å²) in [6.45, 7) is 13.2. The first-order valence-electron chi connectivity index (χ1n) is 8.47. The monoisotopic (exact) mass is 379 g/mol. The zero-order valence-electron chi connectivity index (χ0n) is 15.7. The number of anilines is 1. The molecule has 0 bridgehead atoms. The van der Waals surface area contributed by atoms with Gasteiger partial charge in [-0.15, -0.1) is 0 Å². The molecule has 0 saturated carbocycles. The number of nitrogens with one attached hydrogen (secondary N) is 1. The average molecular weight is 380 g/mol. The number of amides is 1. The van der Waals surface area contributed by atoms with E-state index in [1.807, 2.05) is 39.0 Å². The highest BCUT2D eigenvalue weighted by Crippen LogP contribution is 2.28. The van der Waals surface area contributed by atoms with Crippen LogP contribution in [0.2, 0.25) is 5.02 Å². The van der Waals surface area contributed by atoms with Crippen molar-refractivity contribution in [2.45, 2.75) is 58.5 Å². The highest BCUT2D eigenvalue weighted by Gasteiger charge is 2.21. The molecule has 0 aliphatic carbocycles. The van der Waals surface area contributed by atoms with Gasteiger partial charge in [0.15, 0.2) is 5.16 Å².